The van der Waals surface area contributed by atoms with Crippen LogP contribution in [-0.2, 0) is 0 Å². The lowest BCUT2D eigenvalue weighted by molar-refractivity contribution is 0.0664. The van der Waals surface area contributed by atoms with Crippen molar-refractivity contribution in [3.8, 4) is 11.5 Å². The predicted molar refractivity (Wildman–Crippen MR) is 156 cm³/mol. The molecule has 0 aromatic heterocycles. The number of fused-ring (bicyclic) bond motifs is 5. The Hall–Kier alpha value is -5.04. The molecule has 1 saturated heterocycles. The van der Waals surface area contributed by atoms with Crippen LogP contribution in [0, 0.1) is 11.2 Å². The monoisotopic (exact) mass is 559 g/mol. The molecule has 1 spiro atoms. The van der Waals surface area contributed by atoms with Crippen molar-refractivity contribution in [1.82, 2.24) is 0 Å². The van der Waals surface area contributed by atoms with Gasteiger partial charge < -0.3 is 14.4 Å². The molecule has 3 atom stereocenters. The van der Waals surface area contributed by atoms with Crippen molar-refractivity contribution in [3.05, 3.63) is 131 Å². The Bertz CT molecular complexity index is 1780. The molecule has 0 amide bonds. The summed E-state index contributed by atoms with van der Waals surface area (Å²) >= 11 is 0. The summed E-state index contributed by atoms with van der Waals surface area (Å²) in [5, 5.41) is 0. The zero-order chi connectivity index (χ0) is 29.2. The first-order valence-corrected chi connectivity index (χ1v) is 13.7. The largest absolute Gasteiger partial charge is 0.497 e. The van der Waals surface area contributed by atoms with Gasteiger partial charge in [-0.15, -0.1) is 0 Å². The van der Waals surface area contributed by atoms with Crippen molar-refractivity contribution in [2.75, 3.05) is 19.1 Å². The standard InChI is InChI=1S/C35H26FNO5/c1-41-23-14-16-28(42-2)26(19-23)30-31(32(38)20-8-4-3-5-9-20)37-27-15-13-22(36)18-21(27)12-17-29(37)35(30)33(39)24-10-6-7-11-25(24)34(35)40/h3-19,29-31H,1-2H3/t29-,30-,31+/m0/s1. The first kappa shape index (κ1) is 25.9. The van der Waals surface area contributed by atoms with Gasteiger partial charge in [-0.3, -0.25) is 14.4 Å². The van der Waals surface area contributed by atoms with Gasteiger partial charge in [0.15, 0.2) is 17.3 Å². The van der Waals surface area contributed by atoms with E-state index in [-0.39, 0.29) is 17.3 Å². The number of halogens is 1. The number of rotatable bonds is 5. The second-order valence-corrected chi connectivity index (χ2v) is 10.7. The fraction of sp³-hybridized carbons (Fsp3) is 0.171. The van der Waals surface area contributed by atoms with Gasteiger partial charge in [-0.2, -0.15) is 0 Å². The van der Waals surface area contributed by atoms with E-state index in [9.17, 15) is 18.8 Å². The molecule has 2 heterocycles. The van der Waals surface area contributed by atoms with Gasteiger partial charge in [0.2, 0.25) is 0 Å². The van der Waals surface area contributed by atoms with E-state index >= 15 is 0 Å². The van der Waals surface area contributed by atoms with Crippen molar-refractivity contribution in [2.24, 2.45) is 5.41 Å². The number of hydrogen-bond donors (Lipinski definition) is 0. The van der Waals surface area contributed by atoms with E-state index in [2.05, 4.69) is 0 Å². The number of nitrogens with zero attached hydrogens (tertiary/aromatic N) is 1. The number of ether oxygens (including phenoxy) is 2. The SMILES string of the molecule is COc1ccc(OC)c([C@H]2[C@H](C(=O)c3ccccc3)N3c4ccc(F)cc4C=C[C@H]3C23C(=O)c2ccccc2C3=O)c1. The molecule has 4 aromatic carbocycles. The lowest BCUT2D eigenvalue weighted by Crippen LogP contribution is -2.48. The van der Waals surface area contributed by atoms with E-state index in [1.807, 2.05) is 11.0 Å². The maximum atomic E-state index is 14.8. The van der Waals surface area contributed by atoms with Gasteiger partial charge in [0.25, 0.3) is 0 Å². The molecule has 0 unspecified atom stereocenters. The smallest absolute Gasteiger partial charge is 0.185 e. The molecule has 1 aliphatic carbocycles. The number of hydrogen-bond acceptors (Lipinski definition) is 6. The van der Waals surface area contributed by atoms with Crippen molar-refractivity contribution in [1.29, 1.82) is 0 Å². The third-order valence-corrected chi connectivity index (χ3v) is 8.86. The normalized spacial score (nSPS) is 21.2. The Morgan fingerprint density at radius 3 is 2.19 bits per heavy atom. The van der Waals surface area contributed by atoms with Gasteiger partial charge in [-0.25, -0.2) is 4.39 Å². The van der Waals surface area contributed by atoms with E-state index in [1.165, 1.54) is 26.4 Å². The fourth-order valence-electron chi connectivity index (χ4n) is 7.15. The Balaban J connectivity index is 1.59. The molecule has 4 aromatic rings. The Morgan fingerprint density at radius 2 is 1.52 bits per heavy atom. The van der Waals surface area contributed by atoms with Gasteiger partial charge in [-0.1, -0.05) is 66.7 Å². The van der Waals surface area contributed by atoms with Crippen LogP contribution in [0.3, 0.4) is 0 Å². The maximum absolute atomic E-state index is 14.8. The molecule has 0 saturated carbocycles. The Kier molecular flexibility index (Phi) is 5.87. The number of carbonyl (C=O) groups excluding carboxylic acids is 3. The Morgan fingerprint density at radius 1 is 0.833 bits per heavy atom. The molecule has 0 bridgehead atoms. The first-order valence-electron chi connectivity index (χ1n) is 13.7. The molecular weight excluding hydrogens is 533 g/mol. The van der Waals surface area contributed by atoms with Gasteiger partial charge in [0.1, 0.15) is 28.8 Å². The molecule has 0 N–H and O–H groups in total. The highest BCUT2D eigenvalue weighted by Crippen LogP contribution is 2.62. The van der Waals surface area contributed by atoms with Gasteiger partial charge in [0.05, 0.1) is 20.3 Å². The molecule has 7 rings (SSSR count). The average molecular weight is 560 g/mol. The molecular formula is C35H26FNO5. The van der Waals surface area contributed by atoms with Crippen LogP contribution in [0.15, 0.2) is 97.1 Å². The topological polar surface area (TPSA) is 72.9 Å². The minimum Gasteiger partial charge on any atom is -0.497 e. The highest BCUT2D eigenvalue weighted by Gasteiger charge is 2.72. The summed E-state index contributed by atoms with van der Waals surface area (Å²) in [6, 6.07) is 23.3. The molecule has 6 nitrogen and oxygen atoms in total. The lowest BCUT2D eigenvalue weighted by Gasteiger charge is -2.37. The molecule has 3 aliphatic rings. The number of benzene rings is 4. The zero-order valence-electron chi connectivity index (χ0n) is 22.9. The summed E-state index contributed by atoms with van der Waals surface area (Å²) in [6.45, 7) is 0. The first-order chi connectivity index (χ1) is 20.4. The quantitative estimate of drug-likeness (QED) is 0.216. The van der Waals surface area contributed by atoms with E-state index < -0.39 is 29.2 Å². The average Bonchev–Trinajstić information content (AvgIpc) is 3.46. The van der Waals surface area contributed by atoms with E-state index in [0.717, 1.165) is 0 Å². The van der Waals surface area contributed by atoms with Crippen LogP contribution in [0.5, 0.6) is 11.5 Å². The van der Waals surface area contributed by atoms with Gasteiger partial charge in [-0.05, 0) is 36.4 Å². The third kappa shape index (κ3) is 3.40. The molecule has 2 aliphatic heterocycles. The van der Waals surface area contributed by atoms with Gasteiger partial charge in [0, 0.05) is 39.4 Å². The number of carbonyl (C=O) groups is 3. The predicted octanol–water partition coefficient (Wildman–Crippen LogP) is 6.16. The van der Waals surface area contributed by atoms with Crippen LogP contribution in [-0.4, -0.2) is 43.7 Å². The van der Waals surface area contributed by atoms with Crippen molar-refractivity contribution >= 4 is 29.1 Å². The summed E-state index contributed by atoms with van der Waals surface area (Å²) in [4.78, 5) is 46.1. The fourth-order valence-corrected chi connectivity index (χ4v) is 7.15. The van der Waals surface area contributed by atoms with Crippen molar-refractivity contribution in [3.63, 3.8) is 0 Å². The van der Waals surface area contributed by atoms with Crippen molar-refractivity contribution < 1.29 is 28.2 Å². The van der Waals surface area contributed by atoms with Crippen LogP contribution >= 0.6 is 0 Å². The number of Topliss-reactive ketones (excluding diaryl/α,β-unsaturated/α-hetero) is 3. The second kappa shape index (κ2) is 9.52. The highest BCUT2D eigenvalue weighted by atomic mass is 19.1. The number of methoxy groups -OCH3 is 2. The minimum absolute atomic E-state index is 0.269. The number of anilines is 1. The zero-order valence-corrected chi connectivity index (χ0v) is 22.9. The van der Waals surface area contributed by atoms with Crippen LogP contribution < -0.4 is 14.4 Å². The van der Waals surface area contributed by atoms with Crippen LogP contribution in [0.1, 0.15) is 48.1 Å². The lowest BCUT2D eigenvalue weighted by atomic mass is 9.64. The summed E-state index contributed by atoms with van der Waals surface area (Å²) in [6.07, 6.45) is 3.50. The van der Waals surface area contributed by atoms with Crippen LogP contribution in [0.4, 0.5) is 10.1 Å². The number of ketones is 3. The van der Waals surface area contributed by atoms with E-state index in [0.29, 0.717) is 45.0 Å². The second-order valence-electron chi connectivity index (χ2n) is 10.7. The molecule has 0 radical (unpaired) electrons. The summed E-state index contributed by atoms with van der Waals surface area (Å²) in [7, 11) is 3.04. The maximum Gasteiger partial charge on any atom is 0.185 e. The highest BCUT2D eigenvalue weighted by molar-refractivity contribution is 6.32. The van der Waals surface area contributed by atoms with Gasteiger partial charge >= 0.3 is 0 Å². The van der Waals surface area contributed by atoms with Crippen LogP contribution in [0.25, 0.3) is 6.08 Å². The Labute approximate surface area is 242 Å². The van der Waals surface area contributed by atoms with Crippen LogP contribution in [0.2, 0.25) is 0 Å². The third-order valence-electron chi connectivity index (χ3n) is 8.86. The molecule has 208 valence electrons. The summed E-state index contributed by atoms with van der Waals surface area (Å²) < 4.78 is 25.8. The van der Waals surface area contributed by atoms with Crippen molar-refractivity contribution in [2.45, 2.75) is 18.0 Å². The molecule has 1 fully saturated rings. The molecule has 7 heteroatoms. The van der Waals surface area contributed by atoms with E-state index in [4.69, 9.17) is 9.47 Å². The summed E-state index contributed by atoms with van der Waals surface area (Å²) in [5.74, 6) is -1.47. The minimum atomic E-state index is -1.71. The van der Waals surface area contributed by atoms with E-state index in [1.54, 1.807) is 84.9 Å². The summed E-state index contributed by atoms with van der Waals surface area (Å²) in [5.41, 5.74) is 0.993. The molecule has 42 heavy (non-hydrogen) atoms.